The highest BCUT2D eigenvalue weighted by molar-refractivity contribution is 9.09. The summed E-state index contributed by atoms with van der Waals surface area (Å²) in [6.45, 7) is 8.25. The van der Waals surface area contributed by atoms with Gasteiger partial charge in [-0.1, -0.05) is 65.7 Å². The molecule has 1 saturated heterocycles. The van der Waals surface area contributed by atoms with Gasteiger partial charge in [0, 0.05) is 34.3 Å². The third kappa shape index (κ3) is 8.84. The Bertz CT molecular complexity index is 2210. The van der Waals surface area contributed by atoms with Gasteiger partial charge in [-0.3, -0.25) is 28.8 Å². The van der Waals surface area contributed by atoms with Crippen molar-refractivity contribution >= 4 is 59.4 Å². The molecule has 0 aromatic heterocycles. The minimum Gasteiger partial charge on any atom is -0.566 e. The lowest BCUT2D eigenvalue weighted by atomic mass is 9.38. The van der Waals surface area contributed by atoms with Crippen molar-refractivity contribution in [3.63, 3.8) is 0 Å². The third-order valence-electron chi connectivity index (χ3n) is 15.6. The number of hydrogen-bond acceptors (Lipinski definition) is 13. The fraction of sp³-hybridized carbons (Fsp3) is 0.660. The largest absolute Gasteiger partial charge is 0.566 e. The molecule has 0 spiro atoms. The molecule has 11 atom stereocenters. The summed E-state index contributed by atoms with van der Waals surface area (Å²) in [5.41, 5.74) is -1.42. The first-order valence-electron chi connectivity index (χ1n) is 22.5. The van der Waals surface area contributed by atoms with E-state index in [1.807, 2.05) is 37.3 Å². The van der Waals surface area contributed by atoms with E-state index in [1.54, 1.807) is 32.9 Å². The number of halogens is 1. The number of Topliss-reactive ketones (excluding diaryl/α,β-unsaturated/α-hetero) is 1. The predicted octanol–water partition coefficient (Wildman–Crippen LogP) is 4.03. The van der Waals surface area contributed by atoms with Crippen molar-refractivity contribution in [1.29, 1.82) is 0 Å². The highest BCUT2D eigenvalue weighted by Gasteiger charge is 2.76. The van der Waals surface area contributed by atoms with Gasteiger partial charge < -0.3 is 40.2 Å². The van der Waals surface area contributed by atoms with Crippen molar-refractivity contribution in [2.75, 3.05) is 18.5 Å². The number of esters is 1. The molecule has 4 N–H and O–H groups in total. The normalized spacial score (nSPS) is 36.8. The van der Waals surface area contributed by atoms with Crippen molar-refractivity contribution in [2.24, 2.45) is 34.0 Å². The third-order valence-corrected chi connectivity index (χ3v) is 16.4. The van der Waals surface area contributed by atoms with E-state index in [2.05, 4.69) is 38.8 Å². The molecular formula is C47H59BrN3O13P. The molecule has 1 unspecified atom stereocenters. The van der Waals surface area contributed by atoms with Crippen LogP contribution in [0.15, 0.2) is 48.1 Å². The summed E-state index contributed by atoms with van der Waals surface area (Å²) in [5, 5.41) is 20.3. The highest BCUT2D eigenvalue weighted by atomic mass is 79.9. The van der Waals surface area contributed by atoms with E-state index >= 15 is 0 Å². The molecule has 2 bridgehead atoms. The van der Waals surface area contributed by atoms with Crippen molar-refractivity contribution in [1.82, 2.24) is 16.0 Å². The van der Waals surface area contributed by atoms with Crippen LogP contribution in [0.4, 0.5) is 0 Å². The summed E-state index contributed by atoms with van der Waals surface area (Å²) >= 11 is 3.04. The van der Waals surface area contributed by atoms with E-state index in [-0.39, 0.29) is 66.0 Å². The van der Waals surface area contributed by atoms with Crippen LogP contribution in [-0.2, 0) is 58.5 Å². The molecule has 1 aromatic carbocycles. The predicted molar refractivity (Wildman–Crippen MR) is 235 cm³/mol. The number of aliphatic hydroxyl groups is 1. The Morgan fingerprint density at radius 3 is 2.45 bits per heavy atom. The minimum absolute atomic E-state index is 0.0126. The van der Waals surface area contributed by atoms with E-state index < -0.39 is 90.5 Å². The quantitative estimate of drug-likeness (QED) is 0.104. The van der Waals surface area contributed by atoms with Gasteiger partial charge in [-0.05, 0) is 118 Å². The number of fused-ring (bicyclic) bond motifs is 7. The topological polar surface area (TPSA) is 236 Å². The Morgan fingerprint density at radius 1 is 1.08 bits per heavy atom. The molecule has 352 valence electrons. The Balaban J connectivity index is 0.915. The van der Waals surface area contributed by atoms with Crippen molar-refractivity contribution < 1.29 is 62.1 Å². The molecule has 9 rings (SSSR count). The second kappa shape index (κ2) is 17.4. The maximum atomic E-state index is 14.4. The van der Waals surface area contributed by atoms with Crippen molar-refractivity contribution in [3.05, 3.63) is 59.2 Å². The molecule has 7 aliphatic carbocycles. The second-order valence-electron chi connectivity index (χ2n) is 21.1. The van der Waals surface area contributed by atoms with E-state index in [4.69, 9.17) is 18.7 Å². The standard InChI is InChI=1S/C47H59BrN3O13P/c1-42(2,3)63-38(57)13-12-32(50-37(56)21-49-36(55)20-48)40(58)51-46-23-45(24-46,25-46)18-26-6-8-27(9-7-26)41-62-35-17-31-30-11-10-28-16-29(52)14-15-43(28,4)39(30)33(53)19-44(31,5)47(35,64-41)34(54)22-61-65(59)60/h6-9,14-16,30-33,35,39,41,53H,10-13,17-25H2,1-5H3,(H,49,55)(H,50,56)(H,51,58)/t30-,31-,32-,33-,35+,39+,41+,43-,44-,45?,46?,47+/m0/s1. The molecule has 65 heavy (non-hydrogen) atoms. The summed E-state index contributed by atoms with van der Waals surface area (Å²) in [4.78, 5) is 88.7. The lowest BCUT2D eigenvalue weighted by Gasteiger charge is -2.71. The van der Waals surface area contributed by atoms with Gasteiger partial charge in [0.1, 0.15) is 11.6 Å². The van der Waals surface area contributed by atoms with E-state index in [0.29, 0.717) is 18.4 Å². The zero-order chi connectivity index (χ0) is 46.9. The van der Waals surface area contributed by atoms with Crippen molar-refractivity contribution in [3.8, 4) is 0 Å². The molecule has 8 aliphatic rings. The van der Waals surface area contributed by atoms with Gasteiger partial charge in [0.15, 0.2) is 30.1 Å². The summed E-state index contributed by atoms with van der Waals surface area (Å²) in [5.74, 6) is -2.73. The highest BCUT2D eigenvalue weighted by Crippen LogP contribution is 2.71. The average Bonchev–Trinajstić information content (AvgIpc) is 3.71. The Labute approximate surface area is 387 Å². The first kappa shape index (κ1) is 47.8. The fourth-order valence-electron chi connectivity index (χ4n) is 13.2. The summed E-state index contributed by atoms with van der Waals surface area (Å²) in [6, 6.07) is 6.79. The van der Waals surface area contributed by atoms with Crippen LogP contribution in [-0.4, -0.2) is 93.8 Å². The smallest absolute Gasteiger partial charge is 0.488 e. The van der Waals surface area contributed by atoms with Crippen LogP contribution in [0.1, 0.15) is 110 Å². The SMILES string of the molecule is CC(C)(C)OC(=O)CC[C@H](NC(=O)CNC(=O)CBr)C(=O)NC12CC(Cc3ccc([C@@H]4O[C@@H]5C[C@H]6[C@@H]7CCC8=CC(=O)C=C[C@]8(C)[C@H]7[C@@H](O)C[C@]6(C)[C@]5(C(=O)CO[P+](=O)[O-])O4)cc3)(C1)C2. The van der Waals surface area contributed by atoms with E-state index in [9.17, 15) is 43.3 Å². The summed E-state index contributed by atoms with van der Waals surface area (Å²) in [6.07, 6.45) is 7.68. The number of rotatable bonds is 16. The van der Waals surface area contributed by atoms with Gasteiger partial charge in [0.05, 0.1) is 24.1 Å². The van der Waals surface area contributed by atoms with Crippen LogP contribution >= 0.6 is 24.2 Å². The zero-order valence-electron chi connectivity index (χ0n) is 37.4. The first-order chi connectivity index (χ1) is 30.5. The van der Waals surface area contributed by atoms with Crippen LogP contribution in [0, 0.1) is 34.0 Å². The first-order valence-corrected chi connectivity index (χ1v) is 24.8. The number of alkyl halides is 1. The van der Waals surface area contributed by atoms with Gasteiger partial charge in [0.25, 0.3) is 0 Å². The number of allylic oxidation sites excluding steroid dienone is 4. The molecule has 3 amide bonds. The molecule has 16 nitrogen and oxygen atoms in total. The number of ether oxygens (including phenoxy) is 3. The molecular weight excluding hydrogens is 925 g/mol. The monoisotopic (exact) mass is 983 g/mol. The van der Waals surface area contributed by atoms with Gasteiger partial charge in [0.2, 0.25) is 17.7 Å². The Kier molecular flexibility index (Phi) is 12.8. The number of benzene rings is 1. The zero-order valence-corrected chi connectivity index (χ0v) is 39.9. The number of nitrogens with one attached hydrogen (secondary N) is 3. The number of aliphatic hydroxyl groups excluding tert-OH is 1. The Hall–Kier alpha value is -3.70. The van der Waals surface area contributed by atoms with E-state index in [1.165, 1.54) is 0 Å². The average molecular weight is 985 g/mol. The molecule has 1 heterocycles. The van der Waals surface area contributed by atoms with Gasteiger partial charge >= 0.3 is 14.2 Å². The maximum Gasteiger partial charge on any atom is 0.488 e. The van der Waals surface area contributed by atoms with Crippen LogP contribution < -0.4 is 20.8 Å². The second-order valence-corrected chi connectivity index (χ2v) is 22.3. The molecule has 6 saturated carbocycles. The maximum absolute atomic E-state index is 14.4. The number of carbonyl (C=O) groups excluding carboxylic acids is 6. The number of ketones is 2. The summed E-state index contributed by atoms with van der Waals surface area (Å²) < 4.78 is 35.3. The number of carbonyl (C=O) groups is 6. The summed E-state index contributed by atoms with van der Waals surface area (Å²) in [7, 11) is -3.31. The molecule has 0 radical (unpaired) electrons. The van der Waals surface area contributed by atoms with Gasteiger partial charge in [-0.25, -0.2) is 0 Å². The van der Waals surface area contributed by atoms with Crippen molar-refractivity contribution in [2.45, 2.75) is 140 Å². The number of hydrogen-bond donors (Lipinski definition) is 4. The molecule has 18 heteroatoms. The van der Waals surface area contributed by atoms with Gasteiger partial charge in [-0.2, -0.15) is 0 Å². The van der Waals surface area contributed by atoms with Crippen LogP contribution in [0.3, 0.4) is 0 Å². The Morgan fingerprint density at radius 2 is 1.78 bits per heavy atom. The molecule has 1 aliphatic heterocycles. The van der Waals surface area contributed by atoms with Crippen LogP contribution in [0.2, 0.25) is 0 Å². The lowest BCUT2D eigenvalue weighted by molar-refractivity contribution is -0.204. The van der Waals surface area contributed by atoms with Crippen LogP contribution in [0.25, 0.3) is 0 Å². The fourth-order valence-corrected chi connectivity index (χ4v) is 13.6. The van der Waals surface area contributed by atoms with Crippen LogP contribution in [0.5, 0.6) is 0 Å². The molecule has 1 aromatic rings. The molecule has 7 fully saturated rings. The van der Waals surface area contributed by atoms with Gasteiger partial charge in [-0.15, -0.1) is 4.52 Å². The minimum atomic E-state index is -3.31. The number of amides is 3. The lowest BCUT2D eigenvalue weighted by Crippen LogP contribution is -2.76. The van der Waals surface area contributed by atoms with E-state index in [0.717, 1.165) is 43.2 Å².